The molecular formula is C29H33N7O3. The van der Waals surface area contributed by atoms with Crippen molar-refractivity contribution >= 4 is 38.9 Å². The number of aromatic nitrogens is 4. The number of fused-ring (bicyclic) bond motifs is 4. The zero-order chi connectivity index (χ0) is 26.2. The van der Waals surface area contributed by atoms with Gasteiger partial charge in [0.1, 0.15) is 5.52 Å². The predicted molar refractivity (Wildman–Crippen MR) is 151 cm³/mol. The molecule has 0 radical (unpaired) electrons. The van der Waals surface area contributed by atoms with Gasteiger partial charge in [0.2, 0.25) is 5.71 Å². The first-order valence-electron chi connectivity index (χ1n) is 13.7. The molecule has 2 aliphatic rings. The number of pyridine rings is 1. The summed E-state index contributed by atoms with van der Waals surface area (Å²) in [6.45, 7) is 9.62. The van der Waals surface area contributed by atoms with Crippen LogP contribution in [0.25, 0.3) is 44.5 Å². The molecule has 0 spiro atoms. The number of rotatable bonds is 7. The number of anilines is 1. The van der Waals surface area contributed by atoms with Crippen LogP contribution in [-0.4, -0.2) is 102 Å². The molecule has 0 aliphatic carbocycles. The molecule has 5 aromatic rings. The van der Waals surface area contributed by atoms with Crippen molar-refractivity contribution in [3.8, 4) is 11.4 Å². The van der Waals surface area contributed by atoms with Crippen molar-refractivity contribution < 1.29 is 13.9 Å². The van der Waals surface area contributed by atoms with Crippen LogP contribution < -0.4 is 4.90 Å². The van der Waals surface area contributed by atoms with Crippen molar-refractivity contribution in [2.24, 2.45) is 0 Å². The normalized spacial score (nSPS) is 17.6. The van der Waals surface area contributed by atoms with E-state index in [2.05, 4.69) is 43.9 Å². The summed E-state index contributed by atoms with van der Waals surface area (Å²) in [5, 5.41) is 2.03. The zero-order valence-corrected chi connectivity index (χ0v) is 22.2. The number of aromatic amines is 1. The summed E-state index contributed by atoms with van der Waals surface area (Å²) in [6, 6.07) is 10.5. The number of methoxy groups -OCH3 is 1. The maximum atomic E-state index is 6.34. The van der Waals surface area contributed by atoms with E-state index in [-0.39, 0.29) is 0 Å². The average molecular weight is 528 g/mol. The Morgan fingerprint density at radius 2 is 1.82 bits per heavy atom. The van der Waals surface area contributed by atoms with Gasteiger partial charge in [-0.15, -0.1) is 0 Å². The van der Waals surface area contributed by atoms with Crippen molar-refractivity contribution in [1.29, 1.82) is 0 Å². The topological polar surface area (TPSA) is 95.8 Å². The molecule has 0 saturated carbocycles. The number of hydrogen-bond acceptors (Lipinski definition) is 9. The van der Waals surface area contributed by atoms with Gasteiger partial charge in [-0.3, -0.25) is 9.80 Å². The lowest BCUT2D eigenvalue weighted by molar-refractivity contribution is 0.0938. The molecule has 10 nitrogen and oxygen atoms in total. The largest absolute Gasteiger partial charge is 0.432 e. The van der Waals surface area contributed by atoms with Crippen LogP contribution in [0.4, 0.5) is 5.82 Å². The van der Waals surface area contributed by atoms with Crippen molar-refractivity contribution in [2.45, 2.75) is 6.54 Å². The number of nitrogens with one attached hydrogen (secondary N) is 1. The van der Waals surface area contributed by atoms with Crippen LogP contribution in [-0.2, 0) is 16.0 Å². The average Bonchev–Trinajstić information content (AvgIpc) is 3.61. The van der Waals surface area contributed by atoms with Gasteiger partial charge in [-0.05, 0) is 23.8 Å². The molecule has 6 heterocycles. The first-order valence-corrected chi connectivity index (χ1v) is 13.7. The third kappa shape index (κ3) is 4.74. The standard InChI is InChI=1S/C29H33N7O3/c1-37-14-11-34-7-9-35(10-8-34)19-20-17-23-25-26(39-29(23)31-18-20)28(36-12-15-38-16-13-36)33-27(32-25)22-3-2-4-24-21(22)5-6-30-24/h2-6,17-18,30H,7-16,19H2,1H3. The molecule has 2 saturated heterocycles. The molecule has 202 valence electrons. The lowest BCUT2D eigenvalue weighted by Gasteiger charge is -2.34. The smallest absolute Gasteiger partial charge is 0.229 e. The van der Waals surface area contributed by atoms with Gasteiger partial charge in [-0.25, -0.2) is 15.0 Å². The van der Waals surface area contributed by atoms with Crippen LogP contribution in [0, 0.1) is 0 Å². The highest BCUT2D eigenvalue weighted by molar-refractivity contribution is 6.06. The van der Waals surface area contributed by atoms with E-state index < -0.39 is 0 Å². The van der Waals surface area contributed by atoms with Gasteiger partial charge in [0.25, 0.3) is 0 Å². The Balaban J connectivity index is 1.27. The molecule has 1 N–H and O–H groups in total. The summed E-state index contributed by atoms with van der Waals surface area (Å²) in [4.78, 5) is 25.4. The van der Waals surface area contributed by atoms with Crippen molar-refractivity contribution in [1.82, 2.24) is 29.7 Å². The summed E-state index contributed by atoms with van der Waals surface area (Å²) in [7, 11) is 1.76. The summed E-state index contributed by atoms with van der Waals surface area (Å²) in [5.41, 5.74) is 5.31. The quantitative estimate of drug-likeness (QED) is 0.341. The molecule has 0 unspecified atom stereocenters. The number of benzene rings is 1. The second-order valence-corrected chi connectivity index (χ2v) is 10.3. The Hall–Kier alpha value is -3.57. The molecule has 0 bridgehead atoms. The van der Waals surface area contributed by atoms with Crippen LogP contribution in [0.15, 0.2) is 47.1 Å². The number of furan rings is 1. The second-order valence-electron chi connectivity index (χ2n) is 10.3. The Kier molecular flexibility index (Phi) is 6.61. The molecule has 39 heavy (non-hydrogen) atoms. The number of H-pyrrole nitrogens is 1. The van der Waals surface area contributed by atoms with Gasteiger partial charge in [-0.1, -0.05) is 12.1 Å². The molecular weight excluding hydrogens is 494 g/mol. The van der Waals surface area contributed by atoms with Gasteiger partial charge in [0.05, 0.1) is 25.2 Å². The van der Waals surface area contributed by atoms with E-state index in [4.69, 9.17) is 28.8 Å². The van der Waals surface area contributed by atoms with Crippen LogP contribution in [0.2, 0.25) is 0 Å². The van der Waals surface area contributed by atoms with Gasteiger partial charge >= 0.3 is 0 Å². The zero-order valence-electron chi connectivity index (χ0n) is 22.2. The monoisotopic (exact) mass is 527 g/mol. The van der Waals surface area contributed by atoms with Crippen LogP contribution >= 0.6 is 0 Å². The highest BCUT2D eigenvalue weighted by atomic mass is 16.5. The third-order valence-electron chi connectivity index (χ3n) is 7.84. The summed E-state index contributed by atoms with van der Waals surface area (Å²) in [6.07, 6.45) is 3.89. The molecule has 10 heteroatoms. The molecule has 0 atom stereocenters. The molecule has 1 aromatic carbocycles. The van der Waals surface area contributed by atoms with E-state index in [0.717, 1.165) is 97.7 Å². The minimum Gasteiger partial charge on any atom is -0.432 e. The van der Waals surface area contributed by atoms with Gasteiger partial charge in [0, 0.05) is 88.3 Å². The van der Waals surface area contributed by atoms with Crippen LogP contribution in [0.1, 0.15) is 5.56 Å². The summed E-state index contributed by atoms with van der Waals surface area (Å²) >= 11 is 0. The first kappa shape index (κ1) is 24.5. The number of ether oxygens (including phenoxy) is 2. The van der Waals surface area contributed by atoms with Crippen molar-refractivity contribution in [2.75, 3.05) is 77.6 Å². The maximum Gasteiger partial charge on any atom is 0.229 e. The maximum absolute atomic E-state index is 6.34. The van der Waals surface area contributed by atoms with E-state index in [1.165, 1.54) is 0 Å². The number of piperazine rings is 1. The fourth-order valence-corrected chi connectivity index (χ4v) is 5.68. The Bertz CT molecular complexity index is 1600. The Morgan fingerprint density at radius 3 is 2.67 bits per heavy atom. The minimum atomic E-state index is 0.596. The molecule has 4 aromatic heterocycles. The number of morpholine rings is 1. The first-order chi connectivity index (χ1) is 19.3. The van der Waals surface area contributed by atoms with Crippen molar-refractivity contribution in [3.63, 3.8) is 0 Å². The van der Waals surface area contributed by atoms with Gasteiger partial charge < -0.3 is 23.8 Å². The third-order valence-corrected chi connectivity index (χ3v) is 7.84. The fraction of sp³-hybridized carbons (Fsp3) is 0.414. The molecule has 0 amide bonds. The van der Waals surface area contributed by atoms with E-state index in [0.29, 0.717) is 30.3 Å². The van der Waals surface area contributed by atoms with Gasteiger partial charge in [0.15, 0.2) is 17.2 Å². The molecule has 2 aliphatic heterocycles. The van der Waals surface area contributed by atoms with Crippen LogP contribution in [0.5, 0.6) is 0 Å². The van der Waals surface area contributed by atoms with E-state index in [1.54, 1.807) is 7.11 Å². The minimum absolute atomic E-state index is 0.596. The predicted octanol–water partition coefficient (Wildman–Crippen LogP) is 3.52. The van der Waals surface area contributed by atoms with Crippen LogP contribution in [0.3, 0.4) is 0 Å². The van der Waals surface area contributed by atoms with E-state index in [1.807, 2.05) is 18.5 Å². The second kappa shape index (κ2) is 10.5. The Labute approximate surface area is 226 Å². The Morgan fingerprint density at radius 1 is 0.974 bits per heavy atom. The lowest BCUT2D eigenvalue weighted by atomic mass is 10.1. The fourth-order valence-electron chi connectivity index (χ4n) is 5.68. The lowest BCUT2D eigenvalue weighted by Crippen LogP contribution is -2.46. The van der Waals surface area contributed by atoms with E-state index >= 15 is 0 Å². The molecule has 7 rings (SSSR count). The molecule has 2 fully saturated rings. The number of hydrogen-bond donors (Lipinski definition) is 1. The van der Waals surface area contributed by atoms with E-state index in [9.17, 15) is 0 Å². The SMILES string of the molecule is COCCN1CCN(Cc2cnc3oc4c(N5CCOCC5)nc(-c5cccc6[nH]ccc56)nc4c3c2)CC1. The number of nitrogens with zero attached hydrogens (tertiary/aromatic N) is 6. The van der Waals surface area contributed by atoms with Gasteiger partial charge in [-0.2, -0.15) is 0 Å². The highest BCUT2D eigenvalue weighted by Crippen LogP contribution is 2.36. The van der Waals surface area contributed by atoms with Crippen molar-refractivity contribution in [3.05, 3.63) is 48.3 Å². The summed E-state index contributed by atoms with van der Waals surface area (Å²) < 4.78 is 17.2. The highest BCUT2D eigenvalue weighted by Gasteiger charge is 2.24. The summed E-state index contributed by atoms with van der Waals surface area (Å²) in [5.74, 6) is 1.49.